The smallest absolute Gasteiger partial charge is 0.0982 e. The molecule has 0 amide bonds. The van der Waals surface area contributed by atoms with E-state index in [-0.39, 0.29) is 17.7 Å². The van der Waals surface area contributed by atoms with Gasteiger partial charge in [0.15, 0.2) is 0 Å². The largest absolute Gasteiger partial charge is 0.366 e. The maximum Gasteiger partial charge on any atom is 0.0982 e. The Morgan fingerprint density at radius 2 is 1.71 bits per heavy atom. The fourth-order valence-corrected chi connectivity index (χ4v) is 1.75. The third-order valence-corrected chi connectivity index (χ3v) is 2.75. The SMILES string of the molecule is CCC(N)C(OC(C)(C)C)c1ccc(C)cc1. The molecule has 2 nitrogen and oxygen atoms in total. The summed E-state index contributed by atoms with van der Waals surface area (Å²) in [5, 5.41) is 0. The van der Waals surface area contributed by atoms with E-state index in [2.05, 4.69) is 58.9 Å². The highest BCUT2D eigenvalue weighted by Crippen LogP contribution is 2.27. The van der Waals surface area contributed by atoms with Crippen molar-refractivity contribution in [1.29, 1.82) is 0 Å². The lowest BCUT2D eigenvalue weighted by molar-refractivity contribution is -0.0728. The van der Waals surface area contributed by atoms with E-state index in [0.717, 1.165) is 6.42 Å². The number of hydrogen-bond acceptors (Lipinski definition) is 2. The Labute approximate surface area is 105 Å². The number of ether oxygens (including phenoxy) is 1. The van der Waals surface area contributed by atoms with Gasteiger partial charge in [0, 0.05) is 6.04 Å². The lowest BCUT2D eigenvalue weighted by atomic mass is 9.98. The van der Waals surface area contributed by atoms with Crippen molar-refractivity contribution in [2.24, 2.45) is 5.73 Å². The van der Waals surface area contributed by atoms with E-state index in [1.54, 1.807) is 0 Å². The third-order valence-electron chi connectivity index (χ3n) is 2.75. The van der Waals surface area contributed by atoms with Gasteiger partial charge in [-0.25, -0.2) is 0 Å². The molecule has 0 aromatic heterocycles. The van der Waals surface area contributed by atoms with Gasteiger partial charge in [-0.2, -0.15) is 0 Å². The van der Waals surface area contributed by atoms with Crippen LogP contribution in [0.3, 0.4) is 0 Å². The first-order valence-electron chi connectivity index (χ1n) is 6.33. The normalized spacial score (nSPS) is 15.6. The highest BCUT2D eigenvalue weighted by Gasteiger charge is 2.24. The molecule has 0 bridgehead atoms. The number of hydrogen-bond donors (Lipinski definition) is 1. The van der Waals surface area contributed by atoms with Crippen LogP contribution in [0.1, 0.15) is 51.3 Å². The van der Waals surface area contributed by atoms with E-state index >= 15 is 0 Å². The molecule has 1 aromatic rings. The molecule has 0 fully saturated rings. The zero-order chi connectivity index (χ0) is 13.1. The summed E-state index contributed by atoms with van der Waals surface area (Å²) < 4.78 is 6.09. The number of nitrogens with two attached hydrogens (primary N) is 1. The molecule has 2 atom stereocenters. The monoisotopic (exact) mass is 235 g/mol. The first-order valence-corrected chi connectivity index (χ1v) is 6.33. The Kier molecular flexibility index (Phi) is 4.72. The highest BCUT2D eigenvalue weighted by molar-refractivity contribution is 5.24. The molecule has 96 valence electrons. The summed E-state index contributed by atoms with van der Waals surface area (Å²) in [6, 6.07) is 8.48. The van der Waals surface area contributed by atoms with Crippen LogP contribution in [0.15, 0.2) is 24.3 Å². The van der Waals surface area contributed by atoms with E-state index < -0.39 is 0 Å². The summed E-state index contributed by atoms with van der Waals surface area (Å²) in [5.41, 5.74) is 8.42. The standard InChI is InChI=1S/C15H25NO/c1-6-13(16)14(17-15(3,4)5)12-9-7-11(2)8-10-12/h7-10,13-14H,6,16H2,1-5H3. The lowest BCUT2D eigenvalue weighted by Gasteiger charge is -2.31. The Morgan fingerprint density at radius 3 is 2.12 bits per heavy atom. The van der Waals surface area contributed by atoms with Crippen molar-refractivity contribution in [1.82, 2.24) is 0 Å². The summed E-state index contributed by atoms with van der Waals surface area (Å²) in [6.07, 6.45) is 0.884. The van der Waals surface area contributed by atoms with Gasteiger partial charge in [-0.3, -0.25) is 0 Å². The molecule has 0 aliphatic rings. The van der Waals surface area contributed by atoms with Gasteiger partial charge in [-0.15, -0.1) is 0 Å². The third kappa shape index (κ3) is 4.49. The molecule has 2 heteroatoms. The minimum absolute atomic E-state index is 0.0272. The van der Waals surface area contributed by atoms with Crippen LogP contribution >= 0.6 is 0 Å². The molecule has 0 saturated carbocycles. The molecule has 1 rings (SSSR count). The maximum atomic E-state index is 6.17. The average molecular weight is 235 g/mol. The van der Waals surface area contributed by atoms with E-state index in [1.165, 1.54) is 11.1 Å². The van der Waals surface area contributed by atoms with E-state index in [4.69, 9.17) is 10.5 Å². The number of rotatable bonds is 4. The van der Waals surface area contributed by atoms with Crippen molar-refractivity contribution >= 4 is 0 Å². The van der Waals surface area contributed by atoms with Crippen LogP contribution in [-0.2, 0) is 4.74 Å². The number of benzene rings is 1. The first kappa shape index (κ1) is 14.2. The maximum absolute atomic E-state index is 6.17. The Hall–Kier alpha value is -0.860. The van der Waals surface area contributed by atoms with Crippen molar-refractivity contribution in [2.45, 2.75) is 58.8 Å². The molecular weight excluding hydrogens is 210 g/mol. The predicted octanol–water partition coefficient (Wildman–Crippen LogP) is 3.59. The second-order valence-corrected chi connectivity index (χ2v) is 5.63. The van der Waals surface area contributed by atoms with Crippen LogP contribution in [-0.4, -0.2) is 11.6 Å². The van der Waals surface area contributed by atoms with Crippen LogP contribution in [0.2, 0.25) is 0 Å². The summed E-state index contributed by atoms with van der Waals surface area (Å²) in [6.45, 7) is 10.4. The molecular formula is C15H25NO. The average Bonchev–Trinajstić information content (AvgIpc) is 2.25. The summed E-state index contributed by atoms with van der Waals surface area (Å²) in [7, 11) is 0. The van der Waals surface area contributed by atoms with E-state index in [1.807, 2.05) is 0 Å². The van der Waals surface area contributed by atoms with Crippen molar-refractivity contribution in [3.63, 3.8) is 0 Å². The molecule has 0 aliphatic heterocycles. The van der Waals surface area contributed by atoms with Gasteiger partial charge in [-0.1, -0.05) is 36.8 Å². The molecule has 0 radical (unpaired) electrons. The Morgan fingerprint density at radius 1 is 1.18 bits per heavy atom. The quantitative estimate of drug-likeness (QED) is 0.865. The summed E-state index contributed by atoms with van der Waals surface area (Å²) in [5.74, 6) is 0. The van der Waals surface area contributed by atoms with Crippen LogP contribution in [0.25, 0.3) is 0 Å². The van der Waals surface area contributed by atoms with Crippen LogP contribution in [0.5, 0.6) is 0 Å². The van der Waals surface area contributed by atoms with Gasteiger partial charge in [0.25, 0.3) is 0 Å². The van der Waals surface area contributed by atoms with Gasteiger partial charge in [0.2, 0.25) is 0 Å². The van der Waals surface area contributed by atoms with Gasteiger partial charge < -0.3 is 10.5 Å². The summed E-state index contributed by atoms with van der Waals surface area (Å²) in [4.78, 5) is 0. The highest BCUT2D eigenvalue weighted by atomic mass is 16.5. The fraction of sp³-hybridized carbons (Fsp3) is 0.600. The van der Waals surface area contributed by atoms with Crippen LogP contribution in [0.4, 0.5) is 0 Å². The van der Waals surface area contributed by atoms with Gasteiger partial charge in [-0.05, 0) is 39.7 Å². The first-order chi connectivity index (χ1) is 7.83. The van der Waals surface area contributed by atoms with E-state index in [9.17, 15) is 0 Å². The second-order valence-electron chi connectivity index (χ2n) is 5.63. The molecule has 17 heavy (non-hydrogen) atoms. The van der Waals surface area contributed by atoms with Crippen molar-refractivity contribution < 1.29 is 4.74 Å². The zero-order valence-electron chi connectivity index (χ0n) is 11.7. The predicted molar refractivity (Wildman–Crippen MR) is 73.0 cm³/mol. The minimum atomic E-state index is -0.178. The molecule has 0 aliphatic carbocycles. The van der Waals surface area contributed by atoms with Crippen LogP contribution < -0.4 is 5.73 Å². The van der Waals surface area contributed by atoms with Gasteiger partial charge in [0.05, 0.1) is 11.7 Å². The Balaban J connectivity index is 2.94. The van der Waals surface area contributed by atoms with Crippen molar-refractivity contribution in [3.8, 4) is 0 Å². The molecule has 0 spiro atoms. The van der Waals surface area contributed by atoms with Crippen molar-refractivity contribution in [3.05, 3.63) is 35.4 Å². The number of aryl methyl sites for hydroxylation is 1. The lowest BCUT2D eigenvalue weighted by Crippen LogP contribution is -2.34. The minimum Gasteiger partial charge on any atom is -0.366 e. The second kappa shape index (κ2) is 5.65. The zero-order valence-corrected chi connectivity index (χ0v) is 11.7. The van der Waals surface area contributed by atoms with Gasteiger partial charge in [0.1, 0.15) is 0 Å². The van der Waals surface area contributed by atoms with E-state index in [0.29, 0.717) is 0 Å². The van der Waals surface area contributed by atoms with Crippen molar-refractivity contribution in [2.75, 3.05) is 0 Å². The molecule has 1 aromatic carbocycles. The molecule has 0 heterocycles. The topological polar surface area (TPSA) is 35.2 Å². The molecule has 2 unspecified atom stereocenters. The van der Waals surface area contributed by atoms with Gasteiger partial charge >= 0.3 is 0 Å². The summed E-state index contributed by atoms with van der Waals surface area (Å²) >= 11 is 0. The molecule has 2 N–H and O–H groups in total. The molecule has 0 saturated heterocycles. The fourth-order valence-electron chi connectivity index (χ4n) is 1.75. The van der Waals surface area contributed by atoms with Crippen LogP contribution in [0, 0.1) is 6.92 Å². The Bertz CT molecular complexity index is 337.